The fourth-order valence-corrected chi connectivity index (χ4v) is 5.63. The van der Waals surface area contributed by atoms with E-state index in [9.17, 15) is 0 Å². The fourth-order valence-electron chi connectivity index (χ4n) is 5.63. The van der Waals surface area contributed by atoms with E-state index in [0.29, 0.717) is 29.3 Å². The van der Waals surface area contributed by atoms with E-state index in [1.54, 1.807) is 0 Å². The first-order valence-electron chi connectivity index (χ1n) is 11.5. The summed E-state index contributed by atoms with van der Waals surface area (Å²) < 4.78 is 1.85. The largest absolute Gasteiger partial charge is 0.337 e. The number of benzene rings is 1. The number of hydrogen-bond donors (Lipinski definition) is 1. The van der Waals surface area contributed by atoms with Crippen molar-refractivity contribution in [1.29, 1.82) is 0 Å². The third-order valence-electron chi connectivity index (χ3n) is 7.15. The van der Waals surface area contributed by atoms with Crippen LogP contribution in [0.3, 0.4) is 0 Å². The average Bonchev–Trinajstić information content (AvgIpc) is 3.36. The van der Waals surface area contributed by atoms with Crippen molar-refractivity contribution in [2.24, 2.45) is 30.0 Å². The van der Waals surface area contributed by atoms with Crippen LogP contribution >= 0.6 is 0 Å². The monoisotopic (exact) mass is 418 g/mol. The topological polar surface area (TPSA) is 72.9 Å². The Morgan fingerprint density at radius 3 is 2.61 bits per heavy atom. The fraction of sp³-hybridized carbons (Fsp3) is 0.560. The van der Waals surface area contributed by atoms with E-state index >= 15 is 0 Å². The van der Waals surface area contributed by atoms with Crippen LogP contribution in [0, 0.1) is 17.3 Å². The Bertz CT molecular complexity index is 1060. The van der Waals surface area contributed by atoms with Crippen LogP contribution in [0.4, 0.5) is 5.95 Å². The molecule has 1 saturated heterocycles. The lowest BCUT2D eigenvalue weighted by Crippen LogP contribution is -2.36. The smallest absolute Gasteiger partial charge is 0.225 e. The van der Waals surface area contributed by atoms with Crippen molar-refractivity contribution in [1.82, 2.24) is 19.7 Å². The summed E-state index contributed by atoms with van der Waals surface area (Å²) in [7, 11) is 1.95. The Labute approximate surface area is 184 Å². The molecule has 1 aromatic carbocycles. The lowest BCUT2D eigenvalue weighted by Gasteiger charge is -2.31. The molecule has 164 valence electrons. The van der Waals surface area contributed by atoms with Crippen molar-refractivity contribution in [3.05, 3.63) is 36.8 Å². The molecule has 2 fully saturated rings. The van der Waals surface area contributed by atoms with Gasteiger partial charge in [0.1, 0.15) is 0 Å². The maximum atomic E-state index is 6.32. The van der Waals surface area contributed by atoms with Crippen molar-refractivity contribution in [2.45, 2.75) is 58.5 Å². The lowest BCUT2D eigenvalue weighted by atomic mass is 9.84. The second kappa shape index (κ2) is 7.59. The molecule has 3 heterocycles. The zero-order valence-corrected chi connectivity index (χ0v) is 19.1. The van der Waals surface area contributed by atoms with Gasteiger partial charge in [-0.3, -0.25) is 4.68 Å². The van der Waals surface area contributed by atoms with Gasteiger partial charge in [0.15, 0.2) is 0 Å². The summed E-state index contributed by atoms with van der Waals surface area (Å²) in [5.41, 5.74) is 9.83. The molecule has 4 atom stereocenters. The molecule has 6 heteroatoms. The first-order chi connectivity index (χ1) is 14.8. The summed E-state index contributed by atoms with van der Waals surface area (Å²) >= 11 is 0. The van der Waals surface area contributed by atoms with Crippen LogP contribution in [-0.4, -0.2) is 38.4 Å². The van der Waals surface area contributed by atoms with Gasteiger partial charge in [-0.1, -0.05) is 26.8 Å². The highest BCUT2D eigenvalue weighted by Crippen LogP contribution is 2.45. The summed E-state index contributed by atoms with van der Waals surface area (Å²) in [6.07, 6.45) is 10.6. The molecule has 2 aliphatic rings. The number of nitrogens with zero attached hydrogens (tertiary/aromatic N) is 5. The number of rotatable bonds is 4. The van der Waals surface area contributed by atoms with Crippen LogP contribution in [0.2, 0.25) is 0 Å². The SMILES string of the molecule is Cn1cc2cc(-c3cnc(N4C[C@H]5C[C@H](N)C[C@@H]5[C@@H]4CCC(C)(C)C)nc3)ccc2n1. The summed E-state index contributed by atoms with van der Waals surface area (Å²) in [5.74, 6) is 2.22. The molecule has 0 bridgehead atoms. The van der Waals surface area contributed by atoms with Gasteiger partial charge in [0.05, 0.1) is 5.52 Å². The average molecular weight is 419 g/mol. The predicted octanol–water partition coefficient (Wildman–Crippen LogP) is 4.40. The quantitative estimate of drug-likeness (QED) is 0.680. The molecule has 0 amide bonds. The van der Waals surface area contributed by atoms with E-state index in [2.05, 4.69) is 49.0 Å². The van der Waals surface area contributed by atoms with E-state index in [0.717, 1.165) is 47.4 Å². The second-order valence-corrected chi connectivity index (χ2v) is 10.8. The highest BCUT2D eigenvalue weighted by molar-refractivity contribution is 5.83. The minimum absolute atomic E-state index is 0.333. The summed E-state index contributed by atoms with van der Waals surface area (Å²) in [4.78, 5) is 12.1. The Morgan fingerprint density at radius 1 is 1.10 bits per heavy atom. The van der Waals surface area contributed by atoms with Crippen LogP contribution in [0.1, 0.15) is 46.5 Å². The van der Waals surface area contributed by atoms with Gasteiger partial charge in [-0.2, -0.15) is 5.10 Å². The molecule has 0 unspecified atom stereocenters. The highest BCUT2D eigenvalue weighted by Gasteiger charge is 2.47. The zero-order chi connectivity index (χ0) is 21.8. The van der Waals surface area contributed by atoms with E-state index in [4.69, 9.17) is 15.7 Å². The maximum absolute atomic E-state index is 6.32. The number of nitrogens with two attached hydrogens (primary N) is 1. The molecule has 0 spiro atoms. The van der Waals surface area contributed by atoms with Crippen molar-refractivity contribution in [3.8, 4) is 11.1 Å². The number of fused-ring (bicyclic) bond motifs is 2. The van der Waals surface area contributed by atoms with Gasteiger partial charge >= 0.3 is 0 Å². The first-order valence-corrected chi connectivity index (χ1v) is 11.5. The highest BCUT2D eigenvalue weighted by atomic mass is 15.3. The van der Waals surface area contributed by atoms with Crippen LogP contribution < -0.4 is 10.6 Å². The van der Waals surface area contributed by atoms with Crippen LogP contribution in [-0.2, 0) is 7.05 Å². The van der Waals surface area contributed by atoms with Gasteiger partial charge in [-0.05, 0) is 60.6 Å². The van der Waals surface area contributed by atoms with Gasteiger partial charge in [-0.25, -0.2) is 9.97 Å². The molecule has 3 aromatic rings. The van der Waals surface area contributed by atoms with Crippen molar-refractivity contribution >= 4 is 16.9 Å². The maximum Gasteiger partial charge on any atom is 0.225 e. The minimum atomic E-state index is 0.333. The summed E-state index contributed by atoms with van der Waals surface area (Å²) in [6, 6.07) is 7.18. The van der Waals surface area contributed by atoms with Crippen LogP contribution in [0.5, 0.6) is 0 Å². The molecule has 1 aliphatic carbocycles. The Morgan fingerprint density at radius 2 is 1.87 bits per heavy atom. The van der Waals surface area contributed by atoms with E-state index in [1.165, 1.54) is 12.8 Å². The zero-order valence-electron chi connectivity index (χ0n) is 19.1. The number of aryl methyl sites for hydroxylation is 1. The minimum Gasteiger partial charge on any atom is -0.337 e. The van der Waals surface area contributed by atoms with Gasteiger partial charge in [-0.15, -0.1) is 0 Å². The van der Waals surface area contributed by atoms with E-state index < -0.39 is 0 Å². The van der Waals surface area contributed by atoms with Gasteiger partial charge in [0.2, 0.25) is 5.95 Å². The number of hydrogen-bond acceptors (Lipinski definition) is 5. The molecule has 2 N–H and O–H groups in total. The standard InChI is InChI=1S/C25H34N6/c1-25(2,3)8-7-23-21-11-20(26)10-17(21)15-31(23)24-27-12-19(13-28-24)16-5-6-22-18(9-16)14-30(4)29-22/h5-6,9,12-14,17,20-21,23H,7-8,10-11,15,26H2,1-4H3/t17-,20+,21+,23+/m1/s1. The lowest BCUT2D eigenvalue weighted by molar-refractivity contribution is 0.314. The first kappa shape index (κ1) is 20.4. The normalized spacial score (nSPS) is 26.0. The molecule has 2 aromatic heterocycles. The molecular formula is C25H34N6. The van der Waals surface area contributed by atoms with Gasteiger partial charge in [0, 0.05) is 55.2 Å². The number of anilines is 1. The van der Waals surface area contributed by atoms with E-state index in [-0.39, 0.29) is 0 Å². The van der Waals surface area contributed by atoms with Crippen LogP contribution in [0.25, 0.3) is 22.0 Å². The van der Waals surface area contributed by atoms with Crippen LogP contribution in [0.15, 0.2) is 36.8 Å². The molecule has 1 saturated carbocycles. The van der Waals surface area contributed by atoms with Gasteiger partial charge in [0.25, 0.3) is 0 Å². The number of aromatic nitrogens is 4. The molecule has 1 aliphatic heterocycles. The van der Waals surface area contributed by atoms with Crippen molar-refractivity contribution < 1.29 is 0 Å². The van der Waals surface area contributed by atoms with Crippen molar-refractivity contribution in [3.63, 3.8) is 0 Å². The second-order valence-electron chi connectivity index (χ2n) is 10.8. The molecule has 6 nitrogen and oxygen atoms in total. The Kier molecular flexibility index (Phi) is 5.00. The summed E-state index contributed by atoms with van der Waals surface area (Å²) in [5, 5.41) is 5.59. The van der Waals surface area contributed by atoms with E-state index in [1.807, 2.05) is 30.3 Å². The summed E-state index contributed by atoms with van der Waals surface area (Å²) in [6.45, 7) is 8.02. The molecule has 0 radical (unpaired) electrons. The Balaban J connectivity index is 1.39. The molecule has 31 heavy (non-hydrogen) atoms. The predicted molar refractivity (Wildman–Crippen MR) is 126 cm³/mol. The molecule has 5 rings (SSSR count). The third-order valence-corrected chi connectivity index (χ3v) is 7.15. The van der Waals surface area contributed by atoms with Crippen molar-refractivity contribution in [2.75, 3.05) is 11.4 Å². The van der Waals surface area contributed by atoms with Gasteiger partial charge < -0.3 is 10.6 Å². The third kappa shape index (κ3) is 4.05. The molecular weight excluding hydrogens is 384 g/mol. The Hall–Kier alpha value is -2.47.